The van der Waals surface area contributed by atoms with Crippen molar-refractivity contribution in [3.05, 3.63) is 54.1 Å². The van der Waals surface area contributed by atoms with E-state index in [0.717, 1.165) is 42.5 Å². The van der Waals surface area contributed by atoms with Crippen molar-refractivity contribution in [2.75, 3.05) is 31.5 Å². The van der Waals surface area contributed by atoms with E-state index in [9.17, 15) is 14.4 Å². The summed E-state index contributed by atoms with van der Waals surface area (Å²) < 4.78 is 0. The molecule has 1 saturated heterocycles. The van der Waals surface area contributed by atoms with Crippen LogP contribution in [0.25, 0.3) is 11.1 Å². The molecule has 6 nitrogen and oxygen atoms in total. The first kappa shape index (κ1) is 21.7. The first-order valence-corrected chi connectivity index (χ1v) is 12.0. The number of hydrogen-bond donors (Lipinski definition) is 1. The molecule has 0 spiro atoms. The first-order valence-electron chi connectivity index (χ1n) is 12.0. The van der Waals surface area contributed by atoms with E-state index in [2.05, 4.69) is 5.32 Å². The van der Waals surface area contributed by atoms with Crippen LogP contribution in [0.5, 0.6) is 0 Å². The third-order valence-electron chi connectivity index (χ3n) is 7.15. The highest BCUT2D eigenvalue weighted by molar-refractivity contribution is 5.95. The Balaban J connectivity index is 1.19. The lowest BCUT2D eigenvalue weighted by molar-refractivity contribution is -0.137. The van der Waals surface area contributed by atoms with Crippen LogP contribution in [-0.4, -0.2) is 53.7 Å². The van der Waals surface area contributed by atoms with Crippen LogP contribution in [0.15, 0.2) is 48.5 Å². The van der Waals surface area contributed by atoms with Crippen LogP contribution in [0.3, 0.4) is 0 Å². The summed E-state index contributed by atoms with van der Waals surface area (Å²) in [4.78, 5) is 41.4. The van der Waals surface area contributed by atoms with Crippen LogP contribution < -0.4 is 5.32 Å². The first-order chi connectivity index (χ1) is 15.9. The van der Waals surface area contributed by atoms with Crippen molar-refractivity contribution in [2.24, 2.45) is 11.3 Å². The number of anilines is 1. The predicted molar refractivity (Wildman–Crippen MR) is 128 cm³/mol. The highest BCUT2D eigenvalue weighted by Crippen LogP contribution is 2.46. The van der Waals surface area contributed by atoms with Crippen LogP contribution in [-0.2, 0) is 9.59 Å². The SMILES string of the molecule is CC1(C(=O)N2CCN(C(=O)c3ccc(-c4cccc(NC(=O)CC5CC5)c4)cc3)CC2)CC1. The Hall–Kier alpha value is -3.15. The van der Waals surface area contributed by atoms with Gasteiger partial charge in [-0.2, -0.15) is 0 Å². The second-order valence-corrected chi connectivity index (χ2v) is 10.00. The molecule has 2 saturated carbocycles. The van der Waals surface area contributed by atoms with Gasteiger partial charge < -0.3 is 15.1 Å². The molecule has 0 atom stereocenters. The molecule has 172 valence electrons. The highest BCUT2D eigenvalue weighted by atomic mass is 16.2. The van der Waals surface area contributed by atoms with Crippen molar-refractivity contribution >= 4 is 23.4 Å². The van der Waals surface area contributed by atoms with Gasteiger partial charge in [0.25, 0.3) is 5.91 Å². The minimum atomic E-state index is -0.153. The molecular formula is C27H31N3O3. The fraction of sp³-hybridized carbons (Fsp3) is 0.444. The molecule has 0 unspecified atom stereocenters. The molecule has 0 aromatic heterocycles. The van der Waals surface area contributed by atoms with Crippen molar-refractivity contribution < 1.29 is 14.4 Å². The van der Waals surface area contributed by atoms with E-state index in [0.29, 0.717) is 44.1 Å². The lowest BCUT2D eigenvalue weighted by Gasteiger charge is -2.36. The second kappa shape index (κ2) is 8.65. The zero-order chi connectivity index (χ0) is 23.0. The van der Waals surface area contributed by atoms with Crippen LogP contribution >= 0.6 is 0 Å². The van der Waals surface area contributed by atoms with Crippen molar-refractivity contribution in [2.45, 2.75) is 39.0 Å². The van der Waals surface area contributed by atoms with E-state index in [1.165, 1.54) is 0 Å². The van der Waals surface area contributed by atoms with E-state index >= 15 is 0 Å². The van der Waals surface area contributed by atoms with Gasteiger partial charge in [-0.05, 0) is 67.0 Å². The van der Waals surface area contributed by atoms with Gasteiger partial charge in [0, 0.05) is 49.3 Å². The molecular weight excluding hydrogens is 414 g/mol. The van der Waals surface area contributed by atoms with E-state index < -0.39 is 0 Å². The third kappa shape index (κ3) is 4.95. The smallest absolute Gasteiger partial charge is 0.253 e. The number of hydrogen-bond acceptors (Lipinski definition) is 3. The number of carbonyl (C=O) groups is 3. The molecule has 2 aromatic carbocycles. The zero-order valence-corrected chi connectivity index (χ0v) is 19.2. The fourth-order valence-corrected chi connectivity index (χ4v) is 4.46. The van der Waals surface area contributed by atoms with Crippen molar-refractivity contribution in [1.29, 1.82) is 0 Å². The topological polar surface area (TPSA) is 69.7 Å². The molecule has 0 radical (unpaired) electrons. The van der Waals surface area contributed by atoms with E-state index in [4.69, 9.17) is 0 Å². The van der Waals surface area contributed by atoms with E-state index in [1.807, 2.05) is 65.3 Å². The summed E-state index contributed by atoms with van der Waals surface area (Å²) >= 11 is 0. The van der Waals surface area contributed by atoms with Crippen LogP contribution in [0, 0.1) is 11.3 Å². The van der Waals surface area contributed by atoms with Gasteiger partial charge in [-0.3, -0.25) is 14.4 Å². The number of carbonyl (C=O) groups excluding carboxylic acids is 3. The average Bonchev–Trinajstić information content (AvgIpc) is 3.77. The highest BCUT2D eigenvalue weighted by Gasteiger charge is 2.47. The quantitative estimate of drug-likeness (QED) is 0.725. The normalized spacial score (nSPS) is 19.2. The lowest BCUT2D eigenvalue weighted by atomic mass is 10.0. The summed E-state index contributed by atoms with van der Waals surface area (Å²) in [6, 6.07) is 15.4. The average molecular weight is 446 g/mol. The van der Waals surface area contributed by atoms with Crippen LogP contribution in [0.1, 0.15) is 49.4 Å². The Morgan fingerprint density at radius 1 is 0.909 bits per heavy atom. The Labute approximate surface area is 194 Å². The summed E-state index contributed by atoms with van der Waals surface area (Å²) in [5, 5.41) is 2.99. The molecule has 0 bridgehead atoms. The molecule has 1 N–H and O–H groups in total. The minimum absolute atomic E-state index is 0.00683. The molecule has 3 aliphatic rings. The van der Waals surface area contributed by atoms with Gasteiger partial charge in [-0.25, -0.2) is 0 Å². The molecule has 6 heteroatoms. The maximum Gasteiger partial charge on any atom is 0.253 e. The molecule has 3 amide bonds. The van der Waals surface area contributed by atoms with Crippen molar-refractivity contribution in [3.63, 3.8) is 0 Å². The Morgan fingerprint density at radius 3 is 2.21 bits per heavy atom. The number of rotatable bonds is 6. The number of benzene rings is 2. The number of amides is 3. The van der Waals surface area contributed by atoms with Gasteiger partial charge in [-0.15, -0.1) is 0 Å². The van der Waals surface area contributed by atoms with Gasteiger partial charge in [0.05, 0.1) is 0 Å². The molecule has 2 aromatic rings. The molecule has 5 rings (SSSR count). The van der Waals surface area contributed by atoms with Gasteiger partial charge >= 0.3 is 0 Å². The Kier molecular flexibility index (Phi) is 5.69. The Morgan fingerprint density at radius 2 is 1.58 bits per heavy atom. The fourth-order valence-electron chi connectivity index (χ4n) is 4.46. The van der Waals surface area contributed by atoms with E-state index in [-0.39, 0.29) is 23.1 Å². The van der Waals surface area contributed by atoms with Gasteiger partial charge in [0.1, 0.15) is 0 Å². The number of piperazine rings is 1. The monoisotopic (exact) mass is 445 g/mol. The standard InChI is InChI=1S/C27H31N3O3/c1-27(11-12-27)26(33)30-15-13-29(14-16-30)25(32)21-9-7-20(8-10-21)22-3-2-4-23(18-22)28-24(31)17-19-5-6-19/h2-4,7-10,18-19H,5-6,11-17H2,1H3,(H,28,31). The summed E-state index contributed by atoms with van der Waals surface area (Å²) in [6.45, 7) is 4.40. The largest absolute Gasteiger partial charge is 0.339 e. The Bertz CT molecular complexity index is 1060. The van der Waals surface area contributed by atoms with Crippen LogP contribution in [0.2, 0.25) is 0 Å². The van der Waals surface area contributed by atoms with Crippen molar-refractivity contribution in [3.8, 4) is 11.1 Å². The second-order valence-electron chi connectivity index (χ2n) is 10.00. The van der Waals surface area contributed by atoms with Gasteiger partial charge in [-0.1, -0.05) is 31.2 Å². The van der Waals surface area contributed by atoms with E-state index in [1.54, 1.807) is 0 Å². The predicted octanol–water partition coefficient (Wildman–Crippen LogP) is 4.18. The molecule has 1 aliphatic heterocycles. The summed E-state index contributed by atoms with van der Waals surface area (Å²) in [7, 11) is 0. The zero-order valence-electron chi connectivity index (χ0n) is 19.2. The maximum absolute atomic E-state index is 13.0. The summed E-state index contributed by atoms with van der Waals surface area (Å²) in [5.74, 6) is 0.879. The summed E-state index contributed by atoms with van der Waals surface area (Å²) in [5.41, 5.74) is 3.29. The number of nitrogens with one attached hydrogen (secondary N) is 1. The lowest BCUT2D eigenvalue weighted by Crippen LogP contribution is -2.52. The van der Waals surface area contributed by atoms with Crippen LogP contribution in [0.4, 0.5) is 5.69 Å². The van der Waals surface area contributed by atoms with Crippen molar-refractivity contribution in [1.82, 2.24) is 9.80 Å². The maximum atomic E-state index is 13.0. The van der Waals surface area contributed by atoms with Gasteiger partial charge in [0.2, 0.25) is 11.8 Å². The molecule has 3 fully saturated rings. The molecule has 33 heavy (non-hydrogen) atoms. The molecule has 2 aliphatic carbocycles. The molecule has 1 heterocycles. The minimum Gasteiger partial charge on any atom is -0.339 e. The number of nitrogens with zero attached hydrogens (tertiary/aromatic N) is 2. The van der Waals surface area contributed by atoms with Gasteiger partial charge in [0.15, 0.2) is 0 Å². The summed E-state index contributed by atoms with van der Waals surface area (Å²) in [6.07, 6.45) is 4.88. The third-order valence-corrected chi connectivity index (χ3v) is 7.15.